The van der Waals surface area contributed by atoms with Crippen molar-refractivity contribution in [3.8, 4) is 0 Å². The number of aromatic nitrogens is 2. The van der Waals surface area contributed by atoms with Crippen LogP contribution in [0.1, 0.15) is 31.1 Å². The van der Waals surface area contributed by atoms with E-state index in [0.29, 0.717) is 18.3 Å². The van der Waals surface area contributed by atoms with E-state index in [1.165, 1.54) is 0 Å². The molecule has 1 atom stereocenters. The van der Waals surface area contributed by atoms with Crippen LogP contribution in [0.4, 0.5) is 4.79 Å². The average molecular weight is 249 g/mol. The number of carbonyl (C=O) groups excluding carboxylic acids is 1. The Balaban J connectivity index is 2.37. The molecule has 1 unspecified atom stereocenters. The van der Waals surface area contributed by atoms with Gasteiger partial charge in [-0.25, -0.2) is 4.79 Å². The highest BCUT2D eigenvalue weighted by atomic mass is 16.2. The zero-order valence-electron chi connectivity index (χ0n) is 11.2. The standard InChI is InChI=1S/C12H19N5O/c1-7(2)5-17-10(11(13)14-12(17)18)9-6-16(4)15-8(9)3/h6-7,10H,5H2,1-4H3,(H2,13,14,18). The van der Waals surface area contributed by atoms with Crippen LogP contribution in [-0.4, -0.2) is 33.1 Å². The molecule has 1 aliphatic heterocycles. The maximum Gasteiger partial charge on any atom is 0.346 e. The Morgan fingerprint density at radius 2 is 2.17 bits per heavy atom. The van der Waals surface area contributed by atoms with E-state index in [2.05, 4.69) is 23.9 Å². The topological polar surface area (TPSA) is 76.5 Å². The summed E-state index contributed by atoms with van der Waals surface area (Å²) in [6.07, 6.45) is 1.90. The van der Waals surface area contributed by atoms with E-state index in [-0.39, 0.29) is 12.1 Å². The van der Waals surface area contributed by atoms with Gasteiger partial charge in [0.2, 0.25) is 0 Å². The van der Waals surface area contributed by atoms with E-state index < -0.39 is 0 Å². The summed E-state index contributed by atoms with van der Waals surface area (Å²) in [6.45, 7) is 6.69. The molecular formula is C12H19N5O. The van der Waals surface area contributed by atoms with E-state index in [1.54, 1.807) is 9.58 Å². The Labute approximate surface area is 106 Å². The summed E-state index contributed by atoms with van der Waals surface area (Å²) in [4.78, 5) is 17.4. The third kappa shape index (κ3) is 2.10. The molecule has 0 fully saturated rings. The lowest BCUT2D eigenvalue weighted by Gasteiger charge is -2.25. The van der Waals surface area contributed by atoms with Gasteiger partial charge in [0.1, 0.15) is 11.9 Å². The van der Waals surface area contributed by atoms with Crippen molar-refractivity contribution in [3.05, 3.63) is 17.5 Å². The molecule has 6 heteroatoms. The van der Waals surface area contributed by atoms with Crippen molar-refractivity contribution in [3.63, 3.8) is 0 Å². The lowest BCUT2D eigenvalue weighted by atomic mass is 10.1. The third-order valence-electron chi connectivity index (χ3n) is 2.97. The van der Waals surface area contributed by atoms with Crippen LogP contribution >= 0.6 is 0 Å². The molecule has 1 aromatic rings. The summed E-state index contributed by atoms with van der Waals surface area (Å²) in [7, 11) is 1.85. The molecule has 0 radical (unpaired) electrons. The fourth-order valence-electron chi connectivity index (χ4n) is 2.30. The van der Waals surface area contributed by atoms with Crippen LogP contribution in [0.3, 0.4) is 0 Å². The van der Waals surface area contributed by atoms with Gasteiger partial charge < -0.3 is 10.6 Å². The van der Waals surface area contributed by atoms with Gasteiger partial charge in [0.25, 0.3) is 0 Å². The molecule has 18 heavy (non-hydrogen) atoms. The number of aliphatic imine (C=N–C) groups is 1. The SMILES string of the molecule is Cc1nn(C)cc1C1C(N)=NC(=O)N1CC(C)C. The smallest absolute Gasteiger partial charge is 0.346 e. The largest absolute Gasteiger partial charge is 0.385 e. The Morgan fingerprint density at radius 1 is 1.50 bits per heavy atom. The van der Waals surface area contributed by atoms with Crippen molar-refractivity contribution in [2.45, 2.75) is 26.8 Å². The Hall–Kier alpha value is -1.85. The molecule has 98 valence electrons. The van der Waals surface area contributed by atoms with Gasteiger partial charge in [-0.05, 0) is 12.8 Å². The van der Waals surface area contributed by atoms with Crippen molar-refractivity contribution in [1.29, 1.82) is 0 Å². The molecule has 0 saturated carbocycles. The first kappa shape index (κ1) is 12.6. The number of aryl methyl sites for hydroxylation is 2. The highest BCUT2D eigenvalue weighted by Crippen LogP contribution is 2.29. The molecule has 2 heterocycles. The zero-order chi connectivity index (χ0) is 13.4. The molecule has 2 N–H and O–H groups in total. The summed E-state index contributed by atoms with van der Waals surface area (Å²) in [5.41, 5.74) is 7.72. The van der Waals surface area contributed by atoms with Crippen molar-refractivity contribution < 1.29 is 4.79 Å². The minimum atomic E-state index is -0.270. The molecule has 1 aromatic heterocycles. The monoisotopic (exact) mass is 249 g/mol. The second kappa shape index (κ2) is 4.44. The van der Waals surface area contributed by atoms with Crippen LogP contribution < -0.4 is 5.73 Å². The van der Waals surface area contributed by atoms with Gasteiger partial charge in [0.05, 0.1) is 5.69 Å². The minimum absolute atomic E-state index is 0.255. The summed E-state index contributed by atoms with van der Waals surface area (Å²) >= 11 is 0. The van der Waals surface area contributed by atoms with Gasteiger partial charge in [0.15, 0.2) is 0 Å². The first-order valence-electron chi connectivity index (χ1n) is 6.05. The zero-order valence-corrected chi connectivity index (χ0v) is 11.2. The number of nitrogens with two attached hydrogens (primary N) is 1. The summed E-state index contributed by atoms with van der Waals surface area (Å²) < 4.78 is 1.73. The number of urea groups is 1. The number of amidine groups is 1. The number of amides is 2. The predicted molar refractivity (Wildman–Crippen MR) is 69.2 cm³/mol. The second-order valence-corrected chi connectivity index (χ2v) is 5.11. The van der Waals surface area contributed by atoms with Gasteiger partial charge in [-0.3, -0.25) is 4.68 Å². The number of hydrogen-bond acceptors (Lipinski definition) is 3. The number of hydrogen-bond donors (Lipinski definition) is 1. The molecule has 0 saturated heterocycles. The van der Waals surface area contributed by atoms with Gasteiger partial charge >= 0.3 is 6.03 Å². The molecule has 0 bridgehead atoms. The van der Waals surface area contributed by atoms with Gasteiger partial charge in [0, 0.05) is 25.4 Å². The predicted octanol–water partition coefficient (Wildman–Crippen LogP) is 1.22. The molecular weight excluding hydrogens is 230 g/mol. The van der Waals surface area contributed by atoms with Crippen LogP contribution in [0.15, 0.2) is 11.2 Å². The van der Waals surface area contributed by atoms with Crippen molar-refractivity contribution in [2.24, 2.45) is 23.7 Å². The quantitative estimate of drug-likeness (QED) is 0.875. The fourth-order valence-corrected chi connectivity index (χ4v) is 2.30. The minimum Gasteiger partial charge on any atom is -0.385 e. The van der Waals surface area contributed by atoms with Gasteiger partial charge in [-0.15, -0.1) is 0 Å². The van der Waals surface area contributed by atoms with Gasteiger partial charge in [-0.1, -0.05) is 13.8 Å². The Morgan fingerprint density at radius 3 is 2.67 bits per heavy atom. The number of nitrogens with zero attached hydrogens (tertiary/aromatic N) is 4. The van der Waals surface area contributed by atoms with Crippen LogP contribution in [0.2, 0.25) is 0 Å². The maximum atomic E-state index is 11.9. The lowest BCUT2D eigenvalue weighted by molar-refractivity contribution is 0.198. The number of carbonyl (C=O) groups is 1. The Kier molecular flexibility index (Phi) is 3.11. The van der Waals surface area contributed by atoms with Crippen LogP contribution in [0, 0.1) is 12.8 Å². The van der Waals surface area contributed by atoms with E-state index >= 15 is 0 Å². The first-order valence-corrected chi connectivity index (χ1v) is 6.05. The second-order valence-electron chi connectivity index (χ2n) is 5.11. The first-order chi connectivity index (χ1) is 8.40. The third-order valence-corrected chi connectivity index (χ3v) is 2.97. The van der Waals surface area contributed by atoms with Crippen LogP contribution in [0.25, 0.3) is 0 Å². The van der Waals surface area contributed by atoms with Crippen LogP contribution in [0.5, 0.6) is 0 Å². The lowest BCUT2D eigenvalue weighted by Crippen LogP contribution is -2.36. The highest BCUT2D eigenvalue weighted by molar-refractivity contribution is 6.03. The molecule has 0 aliphatic carbocycles. The molecule has 6 nitrogen and oxygen atoms in total. The highest BCUT2D eigenvalue weighted by Gasteiger charge is 2.36. The van der Waals surface area contributed by atoms with Crippen molar-refractivity contribution in [2.75, 3.05) is 6.54 Å². The summed E-state index contributed by atoms with van der Waals surface area (Å²) in [5.74, 6) is 0.728. The maximum absolute atomic E-state index is 11.9. The average Bonchev–Trinajstić information content (AvgIpc) is 2.68. The van der Waals surface area contributed by atoms with E-state index in [4.69, 9.17) is 5.73 Å². The molecule has 0 spiro atoms. The van der Waals surface area contributed by atoms with E-state index in [0.717, 1.165) is 11.3 Å². The van der Waals surface area contributed by atoms with E-state index in [1.807, 2.05) is 20.2 Å². The molecule has 1 aliphatic rings. The molecule has 2 rings (SSSR count). The summed E-state index contributed by atoms with van der Waals surface area (Å²) in [5, 5.41) is 4.30. The normalized spacial score (nSPS) is 19.8. The fraction of sp³-hybridized carbons (Fsp3) is 0.583. The molecule has 2 amide bonds. The van der Waals surface area contributed by atoms with Gasteiger partial charge in [-0.2, -0.15) is 10.1 Å². The number of rotatable bonds is 3. The van der Waals surface area contributed by atoms with Crippen molar-refractivity contribution in [1.82, 2.24) is 14.7 Å². The molecule has 0 aromatic carbocycles. The van der Waals surface area contributed by atoms with Crippen LogP contribution in [-0.2, 0) is 7.05 Å². The summed E-state index contributed by atoms with van der Waals surface area (Å²) in [6, 6.07) is -0.525. The van der Waals surface area contributed by atoms with Crippen molar-refractivity contribution >= 4 is 11.9 Å². The Bertz CT molecular complexity index is 503. The van der Waals surface area contributed by atoms with E-state index in [9.17, 15) is 4.79 Å².